The van der Waals surface area contributed by atoms with Crippen LogP contribution in [0, 0.1) is 5.92 Å². The van der Waals surface area contributed by atoms with E-state index < -0.39 is 74.3 Å². The first-order valence-electron chi connectivity index (χ1n) is 18.2. The molecule has 2 saturated carbocycles. The fourth-order valence-electron chi connectivity index (χ4n) is 7.21. The second kappa shape index (κ2) is 14.2. The molecule has 2 aliphatic carbocycles. The highest BCUT2D eigenvalue weighted by Crippen LogP contribution is 2.46. The zero-order valence-corrected chi connectivity index (χ0v) is 30.9. The van der Waals surface area contributed by atoms with Crippen LogP contribution in [0.4, 0.5) is 4.79 Å². The molecule has 2 aromatic heterocycles. The number of ether oxygens (including phenoxy) is 2. The van der Waals surface area contributed by atoms with E-state index in [1.807, 2.05) is 36.4 Å². The molecule has 7 rings (SSSR count). The highest BCUT2D eigenvalue weighted by atomic mass is 32.2. The first-order valence-corrected chi connectivity index (χ1v) is 19.8. The van der Waals surface area contributed by atoms with Crippen molar-refractivity contribution in [1.82, 2.24) is 35.2 Å². The van der Waals surface area contributed by atoms with Crippen molar-refractivity contribution < 1.29 is 37.1 Å². The predicted molar refractivity (Wildman–Crippen MR) is 194 cm³/mol. The van der Waals surface area contributed by atoms with E-state index in [0.29, 0.717) is 43.1 Å². The molecule has 3 aromatic rings. The summed E-state index contributed by atoms with van der Waals surface area (Å²) in [6.07, 6.45) is 9.75. The van der Waals surface area contributed by atoms with E-state index in [2.05, 4.69) is 30.3 Å². The Labute approximate surface area is 307 Å². The van der Waals surface area contributed by atoms with Gasteiger partial charge in [0, 0.05) is 29.3 Å². The van der Waals surface area contributed by atoms with Crippen LogP contribution in [0.2, 0.25) is 0 Å². The van der Waals surface area contributed by atoms with Crippen molar-refractivity contribution in [3.05, 3.63) is 48.9 Å². The van der Waals surface area contributed by atoms with Gasteiger partial charge >= 0.3 is 6.09 Å². The Morgan fingerprint density at radius 1 is 1.04 bits per heavy atom. The molecular weight excluding hydrogens is 703 g/mol. The van der Waals surface area contributed by atoms with Crippen LogP contribution in [0.25, 0.3) is 21.8 Å². The summed E-state index contributed by atoms with van der Waals surface area (Å²) in [5, 5.41) is 7.24. The maximum Gasteiger partial charge on any atom is 0.408 e. The molecule has 4 amide bonds. The molecular formula is C37H45N7O8S. The lowest BCUT2D eigenvalue weighted by atomic mass is 10.0. The number of amides is 4. The lowest BCUT2D eigenvalue weighted by Crippen LogP contribution is -2.58. The van der Waals surface area contributed by atoms with Gasteiger partial charge in [-0.05, 0) is 70.7 Å². The zero-order valence-electron chi connectivity index (χ0n) is 30.0. The lowest BCUT2D eigenvalue weighted by Gasteiger charge is -2.30. The van der Waals surface area contributed by atoms with Gasteiger partial charge in [0.1, 0.15) is 35.7 Å². The SMILES string of the molecule is CC(C)(C)OC(=O)N[C@H]1CCCCC/C=C\[C@@H]2C[C@@]2(C(=O)NS(=O)(=O)C2CC2)NC(=O)[C@@H]2C[C@@H](Oc3nc4ncncc4c4ccccc34)CN2C1=O. The standard InChI is InChI=1S/C37H45N7O8S/c1-36(2,3)52-35(48)40-28-14-8-6-4-5-7-11-22-18-37(22,34(47)43-53(49,50)24-15-16-24)42-31(45)29-17-23(20-44(29)33(28)46)51-32-26-13-10-9-12-25(26)27-19-38-21-39-30(27)41-32/h7,9-13,19,21-24,28-29H,4-6,8,14-18,20H2,1-3H3,(H,40,48)(H,42,45)(H,43,47)/b11-7-/t22-,23-,28+,29+,37-/m1/s1. The number of alkyl carbamates (subject to hydrolysis) is 1. The highest BCUT2D eigenvalue weighted by molar-refractivity contribution is 7.91. The molecule has 4 aliphatic rings. The number of fused-ring (bicyclic) bond motifs is 5. The van der Waals surface area contributed by atoms with Crippen LogP contribution in [-0.4, -0.2) is 93.2 Å². The van der Waals surface area contributed by atoms with Gasteiger partial charge in [0.25, 0.3) is 5.91 Å². The van der Waals surface area contributed by atoms with E-state index >= 15 is 0 Å². The Bertz CT molecular complexity index is 2080. The van der Waals surface area contributed by atoms with E-state index in [-0.39, 0.29) is 25.3 Å². The molecule has 1 aromatic carbocycles. The third kappa shape index (κ3) is 7.92. The summed E-state index contributed by atoms with van der Waals surface area (Å²) in [6, 6.07) is 5.37. The summed E-state index contributed by atoms with van der Waals surface area (Å²) in [7, 11) is -3.89. The molecule has 3 fully saturated rings. The van der Waals surface area contributed by atoms with Crippen molar-refractivity contribution in [3.8, 4) is 5.88 Å². The van der Waals surface area contributed by atoms with Gasteiger partial charge in [-0.3, -0.25) is 19.1 Å². The summed E-state index contributed by atoms with van der Waals surface area (Å²) in [4.78, 5) is 70.1. The molecule has 53 heavy (non-hydrogen) atoms. The quantitative estimate of drug-likeness (QED) is 0.247. The third-order valence-corrected chi connectivity index (χ3v) is 12.0. The van der Waals surface area contributed by atoms with Crippen LogP contribution in [-0.2, 0) is 29.1 Å². The van der Waals surface area contributed by atoms with E-state index in [0.717, 1.165) is 23.6 Å². The van der Waals surface area contributed by atoms with Crippen LogP contribution >= 0.6 is 0 Å². The Hall–Kier alpha value is -4.86. The number of carbonyl (C=O) groups excluding carboxylic acids is 4. The van der Waals surface area contributed by atoms with E-state index in [9.17, 15) is 27.6 Å². The maximum absolute atomic E-state index is 14.5. The molecule has 0 unspecified atom stereocenters. The average molecular weight is 748 g/mol. The molecule has 16 heteroatoms. The Morgan fingerprint density at radius 2 is 1.81 bits per heavy atom. The fraction of sp³-hybridized carbons (Fsp3) is 0.541. The molecule has 5 atom stereocenters. The van der Waals surface area contributed by atoms with Crippen LogP contribution in [0.5, 0.6) is 5.88 Å². The average Bonchev–Trinajstić information content (AvgIpc) is 4.03. The Kier molecular flexibility index (Phi) is 9.76. The van der Waals surface area contributed by atoms with Crippen molar-refractivity contribution in [2.75, 3.05) is 6.54 Å². The number of allylic oxidation sites excluding steroid dienone is 1. The first-order chi connectivity index (χ1) is 25.2. The topological polar surface area (TPSA) is 199 Å². The minimum atomic E-state index is -3.89. The van der Waals surface area contributed by atoms with Crippen LogP contribution < -0.4 is 20.1 Å². The first kappa shape index (κ1) is 36.5. The molecule has 2 aliphatic heterocycles. The number of nitrogens with one attached hydrogen (secondary N) is 3. The fourth-order valence-corrected chi connectivity index (χ4v) is 8.57. The number of pyridine rings is 1. The molecule has 282 valence electrons. The molecule has 0 bridgehead atoms. The van der Waals surface area contributed by atoms with E-state index in [1.165, 1.54) is 11.2 Å². The van der Waals surface area contributed by atoms with E-state index in [1.54, 1.807) is 27.0 Å². The van der Waals surface area contributed by atoms with Crippen molar-refractivity contribution in [2.45, 2.75) is 113 Å². The number of rotatable bonds is 6. The lowest BCUT2D eigenvalue weighted by molar-refractivity contribution is -0.141. The van der Waals surface area contributed by atoms with E-state index in [4.69, 9.17) is 9.47 Å². The number of carbonyl (C=O) groups is 4. The minimum Gasteiger partial charge on any atom is -0.472 e. The maximum atomic E-state index is 14.5. The van der Waals surface area contributed by atoms with Crippen LogP contribution in [0.1, 0.15) is 78.6 Å². The highest BCUT2D eigenvalue weighted by Gasteiger charge is 2.62. The molecule has 15 nitrogen and oxygen atoms in total. The monoisotopic (exact) mass is 747 g/mol. The third-order valence-electron chi connectivity index (χ3n) is 10.2. The summed E-state index contributed by atoms with van der Waals surface area (Å²) in [5.74, 6) is -2.08. The van der Waals surface area contributed by atoms with Gasteiger partial charge in [0.2, 0.25) is 27.7 Å². The smallest absolute Gasteiger partial charge is 0.408 e. The molecule has 1 saturated heterocycles. The van der Waals surface area contributed by atoms with Crippen molar-refractivity contribution in [3.63, 3.8) is 0 Å². The number of benzene rings is 1. The van der Waals surface area contributed by atoms with Gasteiger partial charge in [-0.1, -0.05) is 43.2 Å². The Balaban J connectivity index is 1.21. The molecule has 0 spiro atoms. The number of hydrogen-bond acceptors (Lipinski definition) is 11. The van der Waals surface area contributed by atoms with Crippen LogP contribution in [0.3, 0.4) is 0 Å². The molecule has 3 N–H and O–H groups in total. The van der Waals surface area contributed by atoms with Crippen molar-refractivity contribution in [2.24, 2.45) is 5.92 Å². The van der Waals surface area contributed by atoms with Gasteiger partial charge in [-0.25, -0.2) is 23.2 Å². The molecule has 0 radical (unpaired) electrons. The zero-order chi connectivity index (χ0) is 37.5. The van der Waals surface area contributed by atoms with Crippen molar-refractivity contribution in [1.29, 1.82) is 0 Å². The summed E-state index contributed by atoms with van der Waals surface area (Å²) < 4.78 is 39.9. The predicted octanol–water partition coefficient (Wildman–Crippen LogP) is 3.42. The number of sulfonamides is 1. The van der Waals surface area contributed by atoms with Gasteiger partial charge in [0.05, 0.1) is 11.8 Å². The van der Waals surface area contributed by atoms with Crippen molar-refractivity contribution >= 4 is 55.6 Å². The summed E-state index contributed by atoms with van der Waals surface area (Å²) in [6.45, 7) is 5.15. The second-order valence-corrected chi connectivity index (χ2v) is 17.4. The second-order valence-electron chi connectivity index (χ2n) is 15.4. The number of hydrogen-bond donors (Lipinski definition) is 3. The number of aromatic nitrogens is 3. The summed E-state index contributed by atoms with van der Waals surface area (Å²) >= 11 is 0. The normalized spacial score (nSPS) is 27.4. The van der Waals surface area contributed by atoms with Crippen LogP contribution in [0.15, 0.2) is 48.9 Å². The van der Waals surface area contributed by atoms with Gasteiger partial charge in [-0.15, -0.1) is 0 Å². The number of nitrogens with zero attached hydrogens (tertiary/aromatic N) is 4. The van der Waals surface area contributed by atoms with Gasteiger partial charge in [0.15, 0.2) is 5.65 Å². The van der Waals surface area contributed by atoms with Gasteiger partial charge in [-0.2, -0.15) is 4.98 Å². The van der Waals surface area contributed by atoms with Gasteiger partial charge < -0.3 is 25.0 Å². The minimum absolute atomic E-state index is 0.0280. The largest absolute Gasteiger partial charge is 0.472 e. The Morgan fingerprint density at radius 3 is 2.57 bits per heavy atom. The summed E-state index contributed by atoms with van der Waals surface area (Å²) in [5.41, 5.74) is -1.90. The molecule has 4 heterocycles.